The second-order valence-electron chi connectivity index (χ2n) is 6.17. The molecule has 4 nitrogen and oxygen atoms in total. The Kier molecular flexibility index (Phi) is 5.51. The van der Waals surface area contributed by atoms with E-state index in [2.05, 4.69) is 10.3 Å². The lowest BCUT2D eigenvalue weighted by molar-refractivity contribution is -0.122. The number of benzene rings is 1. The average Bonchev–Trinajstić information content (AvgIpc) is 3.19. The van der Waals surface area contributed by atoms with Gasteiger partial charge in [-0.05, 0) is 37.0 Å². The average molecular weight is 352 g/mol. The molecule has 1 heterocycles. The van der Waals surface area contributed by atoms with Crippen molar-refractivity contribution >= 4 is 39.1 Å². The number of thiazole rings is 1. The molecule has 0 aliphatic heterocycles. The molecule has 1 aliphatic carbocycles. The van der Waals surface area contributed by atoms with Crippen LogP contribution in [0, 0.1) is 5.92 Å². The molecule has 0 bridgehead atoms. The molecule has 6 heteroatoms. The van der Waals surface area contributed by atoms with E-state index in [1.54, 1.807) is 11.3 Å². The summed E-state index contributed by atoms with van der Waals surface area (Å²) >= 11 is 7.60. The molecule has 2 aromatic rings. The van der Waals surface area contributed by atoms with E-state index in [4.69, 9.17) is 17.3 Å². The Labute approximate surface area is 145 Å². The summed E-state index contributed by atoms with van der Waals surface area (Å²) in [5.41, 5.74) is 6.78. The number of aromatic nitrogens is 1. The molecular formula is C17H22ClN3OS. The van der Waals surface area contributed by atoms with Crippen molar-refractivity contribution in [1.82, 2.24) is 10.3 Å². The highest BCUT2D eigenvalue weighted by molar-refractivity contribution is 7.18. The van der Waals surface area contributed by atoms with Gasteiger partial charge in [0.15, 0.2) is 0 Å². The minimum atomic E-state index is 0.0737. The van der Waals surface area contributed by atoms with Crippen molar-refractivity contribution in [3.8, 4) is 0 Å². The fourth-order valence-corrected chi connectivity index (χ4v) is 4.52. The minimum absolute atomic E-state index is 0.0737. The first-order valence-corrected chi connectivity index (χ1v) is 9.39. The molecule has 1 unspecified atom stereocenters. The van der Waals surface area contributed by atoms with Gasteiger partial charge in [-0.2, -0.15) is 0 Å². The van der Waals surface area contributed by atoms with E-state index in [1.807, 2.05) is 18.2 Å². The quantitative estimate of drug-likeness (QED) is 0.836. The summed E-state index contributed by atoms with van der Waals surface area (Å²) < 4.78 is 1.07. The normalized spacial score (nSPS) is 16.8. The van der Waals surface area contributed by atoms with Gasteiger partial charge < -0.3 is 11.1 Å². The Balaban J connectivity index is 1.54. The van der Waals surface area contributed by atoms with E-state index in [1.165, 1.54) is 25.7 Å². The van der Waals surface area contributed by atoms with Crippen molar-refractivity contribution in [2.75, 3.05) is 6.54 Å². The predicted octanol–water partition coefficient (Wildman–Crippen LogP) is 3.52. The van der Waals surface area contributed by atoms with Gasteiger partial charge in [0.25, 0.3) is 0 Å². The molecule has 1 saturated carbocycles. The molecule has 0 spiro atoms. The number of nitrogens with one attached hydrogen (secondary N) is 1. The Morgan fingerprint density at radius 2 is 2.22 bits per heavy atom. The topological polar surface area (TPSA) is 68.0 Å². The third-order valence-corrected chi connectivity index (χ3v) is 5.84. The summed E-state index contributed by atoms with van der Waals surface area (Å²) in [5, 5.41) is 4.80. The Hall–Kier alpha value is -1.17. The lowest BCUT2D eigenvalue weighted by atomic mass is 9.98. The van der Waals surface area contributed by atoms with Crippen LogP contribution in [0.5, 0.6) is 0 Å². The monoisotopic (exact) mass is 351 g/mol. The number of carbonyl (C=O) groups excluding carboxylic acids is 1. The van der Waals surface area contributed by atoms with Crippen LogP contribution >= 0.6 is 22.9 Å². The molecule has 1 fully saturated rings. The number of nitrogens with zero attached hydrogens (tertiary/aromatic N) is 1. The molecule has 1 aliphatic rings. The predicted molar refractivity (Wildman–Crippen MR) is 95.9 cm³/mol. The minimum Gasteiger partial charge on any atom is -0.352 e. The summed E-state index contributed by atoms with van der Waals surface area (Å²) in [6.07, 6.45) is 5.99. The van der Waals surface area contributed by atoms with Gasteiger partial charge in [-0.1, -0.05) is 24.4 Å². The number of fused-ring (bicyclic) bond motifs is 1. The summed E-state index contributed by atoms with van der Waals surface area (Å²) in [5.74, 6) is 0.623. The van der Waals surface area contributed by atoms with Crippen molar-refractivity contribution in [1.29, 1.82) is 0 Å². The zero-order valence-electron chi connectivity index (χ0n) is 13.1. The van der Waals surface area contributed by atoms with Crippen LogP contribution in [0.1, 0.15) is 37.1 Å². The van der Waals surface area contributed by atoms with E-state index in [0.29, 0.717) is 30.3 Å². The Morgan fingerprint density at radius 3 is 2.96 bits per heavy atom. The van der Waals surface area contributed by atoms with Gasteiger partial charge in [0, 0.05) is 30.5 Å². The molecule has 1 atom stereocenters. The summed E-state index contributed by atoms with van der Waals surface area (Å²) in [7, 11) is 0. The van der Waals surface area contributed by atoms with Gasteiger partial charge in [0.2, 0.25) is 5.91 Å². The number of hydrogen-bond acceptors (Lipinski definition) is 4. The molecule has 1 aromatic heterocycles. The van der Waals surface area contributed by atoms with Crippen LogP contribution < -0.4 is 11.1 Å². The van der Waals surface area contributed by atoms with Crippen LogP contribution in [0.15, 0.2) is 18.2 Å². The van der Waals surface area contributed by atoms with Gasteiger partial charge in [-0.25, -0.2) is 4.98 Å². The number of aryl methyl sites for hydroxylation is 1. The van der Waals surface area contributed by atoms with Gasteiger partial charge in [-0.15, -0.1) is 11.3 Å². The van der Waals surface area contributed by atoms with Crippen LogP contribution in [0.4, 0.5) is 0 Å². The third kappa shape index (κ3) is 4.22. The fraction of sp³-hybridized carbons (Fsp3) is 0.529. The molecule has 23 heavy (non-hydrogen) atoms. The van der Waals surface area contributed by atoms with Gasteiger partial charge in [0.1, 0.15) is 0 Å². The van der Waals surface area contributed by atoms with Gasteiger partial charge >= 0.3 is 0 Å². The molecular weight excluding hydrogens is 330 g/mol. The first-order chi connectivity index (χ1) is 11.2. The summed E-state index contributed by atoms with van der Waals surface area (Å²) in [4.78, 5) is 16.8. The molecule has 3 N–H and O–H groups in total. The standard InChI is InChI=1S/C17H22ClN3OS/c18-12-5-6-13-15(9-12)23-17(21-13)8-7-16(22)20-14(10-19)11-3-1-2-4-11/h5-6,9,11,14H,1-4,7-8,10,19H2,(H,20,22). The van der Waals surface area contributed by atoms with Crippen LogP contribution in [0.3, 0.4) is 0 Å². The maximum absolute atomic E-state index is 12.2. The van der Waals surface area contributed by atoms with E-state index in [9.17, 15) is 4.79 Å². The number of carbonyl (C=O) groups is 1. The van der Waals surface area contributed by atoms with Crippen molar-refractivity contribution in [2.45, 2.75) is 44.6 Å². The van der Waals surface area contributed by atoms with E-state index in [-0.39, 0.29) is 11.9 Å². The molecule has 1 amide bonds. The van der Waals surface area contributed by atoms with Crippen molar-refractivity contribution in [2.24, 2.45) is 11.7 Å². The largest absolute Gasteiger partial charge is 0.352 e. The van der Waals surface area contributed by atoms with Crippen molar-refractivity contribution < 1.29 is 4.79 Å². The van der Waals surface area contributed by atoms with Gasteiger partial charge in [0.05, 0.1) is 15.2 Å². The number of hydrogen-bond donors (Lipinski definition) is 2. The molecule has 0 saturated heterocycles. The second kappa shape index (κ2) is 7.60. The highest BCUT2D eigenvalue weighted by atomic mass is 35.5. The number of halogens is 1. The van der Waals surface area contributed by atoms with E-state index >= 15 is 0 Å². The zero-order valence-corrected chi connectivity index (χ0v) is 14.6. The fourth-order valence-electron chi connectivity index (χ4n) is 3.28. The smallest absolute Gasteiger partial charge is 0.220 e. The Bertz CT molecular complexity index is 682. The molecule has 1 aromatic carbocycles. The molecule has 3 rings (SSSR count). The first kappa shape index (κ1) is 16.7. The summed E-state index contributed by atoms with van der Waals surface area (Å²) in [6, 6.07) is 5.80. The second-order valence-corrected chi connectivity index (χ2v) is 7.73. The van der Waals surface area contributed by atoms with Crippen molar-refractivity contribution in [3.05, 3.63) is 28.2 Å². The van der Waals surface area contributed by atoms with Crippen LogP contribution in [-0.2, 0) is 11.2 Å². The van der Waals surface area contributed by atoms with Crippen LogP contribution in [0.25, 0.3) is 10.2 Å². The van der Waals surface area contributed by atoms with Gasteiger partial charge in [-0.3, -0.25) is 4.79 Å². The highest BCUT2D eigenvalue weighted by Gasteiger charge is 2.25. The summed E-state index contributed by atoms with van der Waals surface area (Å²) in [6.45, 7) is 0.524. The Morgan fingerprint density at radius 1 is 1.43 bits per heavy atom. The zero-order chi connectivity index (χ0) is 16.2. The lowest BCUT2D eigenvalue weighted by Crippen LogP contribution is -2.44. The SMILES string of the molecule is NCC(NC(=O)CCc1nc2ccc(Cl)cc2s1)C1CCCC1. The van der Waals surface area contributed by atoms with Crippen molar-refractivity contribution in [3.63, 3.8) is 0 Å². The highest BCUT2D eigenvalue weighted by Crippen LogP contribution is 2.28. The maximum Gasteiger partial charge on any atom is 0.220 e. The third-order valence-electron chi connectivity index (χ3n) is 4.53. The molecule has 0 radical (unpaired) electrons. The van der Waals surface area contributed by atoms with Crippen LogP contribution in [-0.4, -0.2) is 23.5 Å². The maximum atomic E-state index is 12.2. The van der Waals surface area contributed by atoms with E-state index in [0.717, 1.165) is 15.2 Å². The van der Waals surface area contributed by atoms with Crippen LogP contribution in [0.2, 0.25) is 5.02 Å². The lowest BCUT2D eigenvalue weighted by Gasteiger charge is -2.23. The number of nitrogens with two attached hydrogens (primary N) is 1. The van der Waals surface area contributed by atoms with E-state index < -0.39 is 0 Å². The first-order valence-electron chi connectivity index (χ1n) is 8.20. The molecule has 124 valence electrons. The number of amides is 1. The number of rotatable bonds is 6.